The summed E-state index contributed by atoms with van der Waals surface area (Å²) >= 11 is 5.64. The molecule has 1 fully saturated rings. The molecule has 0 aromatic carbocycles. The molecule has 5 heteroatoms. The van der Waals surface area contributed by atoms with Crippen LogP contribution in [0.1, 0.15) is 19.4 Å². The smallest absolute Gasteiger partial charge is 0.143 e. The Bertz CT molecular complexity index is 434. The van der Waals surface area contributed by atoms with Crippen molar-refractivity contribution in [2.75, 3.05) is 29.5 Å². The molecule has 1 aromatic rings. The molecule has 0 unspecified atom stereocenters. The largest absolute Gasteiger partial charge is 0.397 e. The van der Waals surface area contributed by atoms with Crippen molar-refractivity contribution in [3.05, 3.63) is 16.2 Å². The van der Waals surface area contributed by atoms with E-state index in [1.807, 2.05) is 18.7 Å². The lowest BCUT2D eigenvalue weighted by Crippen LogP contribution is -2.43. The summed E-state index contributed by atoms with van der Waals surface area (Å²) in [6, 6.07) is 0. The van der Waals surface area contributed by atoms with Gasteiger partial charge in [0.05, 0.1) is 16.4 Å². The fourth-order valence-electron chi connectivity index (χ4n) is 2.00. The number of hydrogen-bond acceptors (Lipinski definition) is 4. The average Bonchev–Trinajstić information content (AvgIpc) is 2.25. The Labute approximate surface area is 115 Å². The molecule has 2 rings (SSSR count). The minimum Gasteiger partial charge on any atom is -0.397 e. The Morgan fingerprint density at radius 2 is 2.24 bits per heavy atom. The highest BCUT2D eigenvalue weighted by atomic mass is 79.9. The molecule has 0 spiro atoms. The predicted molar refractivity (Wildman–Crippen MR) is 79.8 cm³/mol. The summed E-state index contributed by atoms with van der Waals surface area (Å²) in [4.78, 5) is 6.81. The summed E-state index contributed by atoms with van der Waals surface area (Å²) in [5, 5.41) is 0. The second-order valence-electron chi connectivity index (χ2n) is 5.01. The minimum atomic E-state index is 0.286. The van der Waals surface area contributed by atoms with E-state index in [0.717, 1.165) is 40.4 Å². The van der Waals surface area contributed by atoms with E-state index in [4.69, 9.17) is 5.73 Å². The van der Waals surface area contributed by atoms with Crippen LogP contribution < -0.4 is 10.6 Å². The quantitative estimate of drug-likeness (QED) is 0.865. The first kappa shape index (κ1) is 13.0. The van der Waals surface area contributed by atoms with Crippen LogP contribution >= 0.6 is 27.7 Å². The number of aromatic nitrogens is 1. The highest BCUT2D eigenvalue weighted by Crippen LogP contribution is 2.36. The molecule has 1 saturated heterocycles. The number of pyridine rings is 1. The summed E-state index contributed by atoms with van der Waals surface area (Å²) in [6.07, 6.45) is 1.75. The van der Waals surface area contributed by atoms with Crippen LogP contribution in [-0.4, -0.2) is 28.6 Å². The lowest BCUT2D eigenvalue weighted by Gasteiger charge is -2.38. The number of halogens is 1. The van der Waals surface area contributed by atoms with Crippen molar-refractivity contribution in [2.45, 2.75) is 25.5 Å². The predicted octanol–water partition coefficient (Wildman–Crippen LogP) is 3.07. The number of thioether (sulfide) groups is 1. The fraction of sp³-hybridized carbons (Fsp3) is 0.583. The molecule has 1 aromatic heterocycles. The van der Waals surface area contributed by atoms with Gasteiger partial charge in [0.1, 0.15) is 5.82 Å². The normalized spacial score (nSPS) is 19.4. The zero-order valence-electron chi connectivity index (χ0n) is 10.5. The van der Waals surface area contributed by atoms with Crippen molar-refractivity contribution in [2.24, 2.45) is 0 Å². The molecule has 3 nitrogen and oxygen atoms in total. The summed E-state index contributed by atoms with van der Waals surface area (Å²) in [5.74, 6) is 2.16. The summed E-state index contributed by atoms with van der Waals surface area (Å²) < 4.78 is 1.31. The first-order valence-electron chi connectivity index (χ1n) is 5.70. The summed E-state index contributed by atoms with van der Waals surface area (Å²) in [7, 11) is 0. The van der Waals surface area contributed by atoms with Crippen molar-refractivity contribution in [3.8, 4) is 0 Å². The van der Waals surface area contributed by atoms with Gasteiger partial charge in [0.2, 0.25) is 0 Å². The molecule has 1 aliphatic rings. The van der Waals surface area contributed by atoms with Gasteiger partial charge in [-0.05, 0) is 42.3 Å². The summed E-state index contributed by atoms with van der Waals surface area (Å²) in [6.45, 7) is 8.65. The Morgan fingerprint density at radius 3 is 2.88 bits per heavy atom. The Kier molecular flexibility index (Phi) is 3.59. The van der Waals surface area contributed by atoms with E-state index >= 15 is 0 Å². The van der Waals surface area contributed by atoms with Gasteiger partial charge in [-0.3, -0.25) is 0 Å². The molecule has 17 heavy (non-hydrogen) atoms. The molecule has 0 atom stereocenters. The lowest BCUT2D eigenvalue weighted by atomic mass is 10.1. The monoisotopic (exact) mass is 315 g/mol. The standard InChI is InChI=1S/C12H18BrN3S/c1-8-9(14)6-15-11(10(8)13)16-4-5-17-12(2,3)7-16/h6H,4-5,7,14H2,1-3H3. The van der Waals surface area contributed by atoms with Crippen molar-refractivity contribution in [1.29, 1.82) is 0 Å². The Hall–Kier alpha value is -0.420. The van der Waals surface area contributed by atoms with E-state index in [0.29, 0.717) is 0 Å². The SMILES string of the molecule is Cc1c(N)cnc(N2CCSC(C)(C)C2)c1Br. The number of anilines is 2. The average molecular weight is 316 g/mol. The molecule has 0 amide bonds. The molecule has 0 saturated carbocycles. The maximum atomic E-state index is 5.86. The highest BCUT2D eigenvalue weighted by Gasteiger charge is 2.29. The fourth-order valence-corrected chi connectivity index (χ4v) is 3.69. The van der Waals surface area contributed by atoms with E-state index in [-0.39, 0.29) is 4.75 Å². The molecule has 2 N–H and O–H groups in total. The van der Waals surface area contributed by atoms with Gasteiger partial charge in [-0.2, -0.15) is 11.8 Å². The molecule has 94 valence electrons. The zero-order valence-corrected chi connectivity index (χ0v) is 12.9. The molecule has 2 heterocycles. The van der Waals surface area contributed by atoms with Gasteiger partial charge in [0, 0.05) is 23.6 Å². The van der Waals surface area contributed by atoms with Gasteiger partial charge < -0.3 is 10.6 Å². The number of rotatable bonds is 1. The van der Waals surface area contributed by atoms with Crippen LogP contribution in [-0.2, 0) is 0 Å². The van der Waals surface area contributed by atoms with Gasteiger partial charge in [-0.15, -0.1) is 0 Å². The van der Waals surface area contributed by atoms with E-state index in [2.05, 4.69) is 39.7 Å². The van der Waals surface area contributed by atoms with Crippen LogP contribution in [0.2, 0.25) is 0 Å². The highest BCUT2D eigenvalue weighted by molar-refractivity contribution is 9.10. The second kappa shape index (κ2) is 4.69. The molecule has 0 aliphatic carbocycles. The topological polar surface area (TPSA) is 42.1 Å². The lowest BCUT2D eigenvalue weighted by molar-refractivity contribution is 0.641. The first-order chi connectivity index (χ1) is 7.91. The minimum absolute atomic E-state index is 0.286. The van der Waals surface area contributed by atoms with Gasteiger partial charge in [-0.25, -0.2) is 4.98 Å². The Morgan fingerprint density at radius 1 is 1.53 bits per heavy atom. The third-order valence-corrected chi connectivity index (χ3v) is 5.26. The Balaban J connectivity index is 2.31. The second-order valence-corrected chi connectivity index (χ2v) is 7.60. The van der Waals surface area contributed by atoms with Crippen LogP contribution in [0, 0.1) is 6.92 Å². The number of nitrogens with two attached hydrogens (primary N) is 1. The van der Waals surface area contributed by atoms with Crippen molar-refractivity contribution in [3.63, 3.8) is 0 Å². The van der Waals surface area contributed by atoms with Crippen LogP contribution in [0.5, 0.6) is 0 Å². The molecule has 0 radical (unpaired) electrons. The number of nitrogen functional groups attached to an aromatic ring is 1. The van der Waals surface area contributed by atoms with Crippen LogP contribution in [0.15, 0.2) is 10.7 Å². The first-order valence-corrected chi connectivity index (χ1v) is 7.48. The van der Waals surface area contributed by atoms with Crippen molar-refractivity contribution < 1.29 is 0 Å². The molecular weight excluding hydrogens is 298 g/mol. The van der Waals surface area contributed by atoms with Crippen LogP contribution in [0.25, 0.3) is 0 Å². The van der Waals surface area contributed by atoms with Crippen LogP contribution in [0.3, 0.4) is 0 Å². The van der Waals surface area contributed by atoms with Gasteiger partial charge in [0.15, 0.2) is 0 Å². The third kappa shape index (κ3) is 2.71. The van der Waals surface area contributed by atoms with Gasteiger partial charge >= 0.3 is 0 Å². The molecular formula is C12H18BrN3S. The van der Waals surface area contributed by atoms with E-state index in [9.17, 15) is 0 Å². The zero-order chi connectivity index (χ0) is 12.6. The molecule has 1 aliphatic heterocycles. The van der Waals surface area contributed by atoms with Crippen LogP contribution in [0.4, 0.5) is 11.5 Å². The van der Waals surface area contributed by atoms with E-state index < -0.39 is 0 Å². The van der Waals surface area contributed by atoms with E-state index in [1.54, 1.807) is 6.20 Å². The third-order valence-electron chi connectivity index (χ3n) is 3.01. The van der Waals surface area contributed by atoms with Gasteiger partial charge in [-0.1, -0.05) is 0 Å². The molecule has 0 bridgehead atoms. The van der Waals surface area contributed by atoms with Crippen molar-refractivity contribution >= 4 is 39.2 Å². The van der Waals surface area contributed by atoms with E-state index in [1.165, 1.54) is 0 Å². The maximum absolute atomic E-state index is 5.86. The number of nitrogens with zero attached hydrogens (tertiary/aromatic N) is 2. The summed E-state index contributed by atoms with van der Waals surface area (Å²) in [5.41, 5.74) is 7.67. The van der Waals surface area contributed by atoms with Crippen molar-refractivity contribution in [1.82, 2.24) is 4.98 Å². The maximum Gasteiger partial charge on any atom is 0.143 e. The van der Waals surface area contributed by atoms with Gasteiger partial charge in [0.25, 0.3) is 0 Å². The number of hydrogen-bond donors (Lipinski definition) is 1.